The fourth-order valence-electron chi connectivity index (χ4n) is 2.97. The van der Waals surface area contributed by atoms with E-state index in [1.54, 1.807) is 6.07 Å². The minimum Gasteiger partial charge on any atom is -0.462 e. The van der Waals surface area contributed by atoms with E-state index in [0.717, 1.165) is 19.3 Å². The van der Waals surface area contributed by atoms with Gasteiger partial charge in [-0.2, -0.15) is 4.99 Å². The molecule has 3 rings (SSSR count). The molecular formula is C19H20ClFN4O2. The molecule has 1 heterocycles. The van der Waals surface area contributed by atoms with Crippen LogP contribution < -0.4 is 11.1 Å². The Morgan fingerprint density at radius 2 is 2.19 bits per heavy atom. The van der Waals surface area contributed by atoms with Crippen LogP contribution in [0.3, 0.4) is 0 Å². The van der Waals surface area contributed by atoms with Crippen molar-refractivity contribution in [3.63, 3.8) is 0 Å². The van der Waals surface area contributed by atoms with E-state index in [9.17, 15) is 9.18 Å². The summed E-state index contributed by atoms with van der Waals surface area (Å²) < 4.78 is 19.7. The number of aliphatic imine (C=N–C) groups is 1. The lowest BCUT2D eigenvalue weighted by atomic mass is 10.1. The van der Waals surface area contributed by atoms with Gasteiger partial charge in [-0.15, -0.1) is 0 Å². The van der Waals surface area contributed by atoms with Crippen molar-refractivity contribution in [3.05, 3.63) is 53.1 Å². The second kappa shape index (κ2) is 8.35. The Morgan fingerprint density at radius 3 is 2.85 bits per heavy atom. The summed E-state index contributed by atoms with van der Waals surface area (Å²) in [4.78, 5) is 20.2. The van der Waals surface area contributed by atoms with Crippen LogP contribution in [0.15, 0.2) is 41.5 Å². The van der Waals surface area contributed by atoms with Gasteiger partial charge in [-0.25, -0.2) is 9.37 Å². The van der Waals surface area contributed by atoms with E-state index < -0.39 is 11.7 Å². The van der Waals surface area contributed by atoms with Crippen molar-refractivity contribution in [2.75, 3.05) is 5.32 Å². The quantitative estimate of drug-likeness (QED) is 0.602. The van der Waals surface area contributed by atoms with Crippen LogP contribution in [-0.4, -0.2) is 23.0 Å². The molecule has 8 heteroatoms. The summed E-state index contributed by atoms with van der Waals surface area (Å²) in [5, 5.41) is 3.06. The summed E-state index contributed by atoms with van der Waals surface area (Å²) in [7, 11) is 0. The standard InChI is InChI=1S/C19H20ClFN4O2/c1-11-3-2-4-17(11)27-19(22)25-16-9-13(6-7-14(16)21)24-18(26)15-8-5-12(20)10-23-15/h5-11,17H,2-4H2,1H3,(H2,22,25)(H,24,26)/t11-,17?/m0/s1. The van der Waals surface area contributed by atoms with Crippen molar-refractivity contribution >= 4 is 34.9 Å². The summed E-state index contributed by atoms with van der Waals surface area (Å²) in [6.45, 7) is 2.09. The molecule has 0 bridgehead atoms. The van der Waals surface area contributed by atoms with Crippen LogP contribution in [-0.2, 0) is 4.74 Å². The maximum Gasteiger partial charge on any atom is 0.287 e. The second-order valence-corrected chi connectivity index (χ2v) is 6.93. The van der Waals surface area contributed by atoms with Gasteiger partial charge < -0.3 is 15.8 Å². The summed E-state index contributed by atoms with van der Waals surface area (Å²) >= 11 is 5.76. The Kier molecular flexibility index (Phi) is 5.91. The molecule has 6 nitrogen and oxygen atoms in total. The summed E-state index contributed by atoms with van der Waals surface area (Å²) in [5.41, 5.74) is 6.36. The van der Waals surface area contributed by atoms with E-state index in [4.69, 9.17) is 22.1 Å². The Hall–Kier alpha value is -2.67. The maximum atomic E-state index is 14.1. The SMILES string of the molecule is C[C@H]1CCCC1O/C(N)=N\c1cc(NC(=O)c2ccc(Cl)cn2)ccc1F. The number of halogens is 2. The molecule has 1 unspecified atom stereocenters. The molecule has 1 aliphatic carbocycles. The number of anilines is 1. The van der Waals surface area contributed by atoms with Gasteiger partial charge in [0.1, 0.15) is 23.3 Å². The molecule has 0 aliphatic heterocycles. The van der Waals surface area contributed by atoms with Gasteiger partial charge in [-0.05, 0) is 55.5 Å². The monoisotopic (exact) mass is 390 g/mol. The van der Waals surface area contributed by atoms with Crippen molar-refractivity contribution < 1.29 is 13.9 Å². The number of rotatable bonds is 4. The lowest BCUT2D eigenvalue weighted by molar-refractivity contribution is 0.102. The number of ether oxygens (including phenoxy) is 1. The molecule has 1 aliphatic rings. The number of amidine groups is 1. The van der Waals surface area contributed by atoms with Gasteiger partial charge in [0.2, 0.25) is 0 Å². The van der Waals surface area contributed by atoms with Crippen LogP contribution in [0.25, 0.3) is 0 Å². The number of hydrogen-bond donors (Lipinski definition) is 2. The normalized spacial score (nSPS) is 19.7. The zero-order valence-electron chi connectivity index (χ0n) is 14.8. The number of amides is 1. The summed E-state index contributed by atoms with van der Waals surface area (Å²) in [6, 6.07) is 6.99. The lowest BCUT2D eigenvalue weighted by Gasteiger charge is -2.16. The lowest BCUT2D eigenvalue weighted by Crippen LogP contribution is -2.25. The molecule has 142 valence electrons. The predicted molar refractivity (Wildman–Crippen MR) is 103 cm³/mol. The number of carbonyl (C=O) groups is 1. The number of nitrogens with two attached hydrogens (primary N) is 1. The van der Waals surface area contributed by atoms with Crippen LogP contribution in [0.4, 0.5) is 15.8 Å². The van der Waals surface area contributed by atoms with Gasteiger partial charge in [0.05, 0.1) is 5.02 Å². The third kappa shape index (κ3) is 4.95. The molecular weight excluding hydrogens is 371 g/mol. The van der Waals surface area contributed by atoms with Gasteiger partial charge in [0.15, 0.2) is 0 Å². The third-order valence-electron chi connectivity index (χ3n) is 4.45. The van der Waals surface area contributed by atoms with E-state index in [1.807, 2.05) is 0 Å². The Balaban J connectivity index is 1.72. The van der Waals surface area contributed by atoms with Crippen LogP contribution in [0, 0.1) is 11.7 Å². The molecule has 2 aromatic rings. The van der Waals surface area contributed by atoms with E-state index in [0.29, 0.717) is 16.6 Å². The number of aromatic nitrogens is 1. The fourth-order valence-corrected chi connectivity index (χ4v) is 3.08. The maximum absolute atomic E-state index is 14.1. The zero-order chi connectivity index (χ0) is 19.4. The molecule has 1 aromatic carbocycles. The van der Waals surface area contributed by atoms with Crippen LogP contribution in [0.1, 0.15) is 36.7 Å². The number of hydrogen-bond acceptors (Lipinski definition) is 4. The second-order valence-electron chi connectivity index (χ2n) is 6.50. The topological polar surface area (TPSA) is 89.6 Å². The van der Waals surface area contributed by atoms with Gasteiger partial charge >= 0.3 is 0 Å². The first-order valence-corrected chi connectivity index (χ1v) is 9.03. The first-order valence-electron chi connectivity index (χ1n) is 8.65. The number of carbonyl (C=O) groups excluding carboxylic acids is 1. The summed E-state index contributed by atoms with van der Waals surface area (Å²) in [5.74, 6) is -0.623. The third-order valence-corrected chi connectivity index (χ3v) is 4.67. The minimum absolute atomic E-state index is 0.00400. The first-order chi connectivity index (χ1) is 12.9. The average Bonchev–Trinajstić information content (AvgIpc) is 3.03. The molecule has 3 N–H and O–H groups in total. The van der Waals surface area contributed by atoms with E-state index >= 15 is 0 Å². The fraction of sp³-hybridized carbons (Fsp3) is 0.316. The van der Waals surface area contributed by atoms with Gasteiger partial charge in [-0.1, -0.05) is 18.5 Å². The molecule has 1 saturated carbocycles. The molecule has 0 radical (unpaired) electrons. The Labute approximate surface area is 161 Å². The van der Waals surface area contributed by atoms with Crippen molar-refractivity contribution in [1.29, 1.82) is 0 Å². The Morgan fingerprint density at radius 1 is 1.37 bits per heavy atom. The average molecular weight is 391 g/mol. The molecule has 1 aromatic heterocycles. The largest absolute Gasteiger partial charge is 0.462 e. The molecule has 0 saturated heterocycles. The van der Waals surface area contributed by atoms with Crippen molar-refractivity contribution in [2.45, 2.75) is 32.3 Å². The Bertz CT molecular complexity index is 857. The molecule has 1 fully saturated rings. The number of nitrogens with zero attached hydrogens (tertiary/aromatic N) is 2. The van der Waals surface area contributed by atoms with Crippen molar-refractivity contribution in [1.82, 2.24) is 4.98 Å². The highest BCUT2D eigenvalue weighted by Gasteiger charge is 2.25. The van der Waals surface area contributed by atoms with Crippen molar-refractivity contribution in [3.8, 4) is 0 Å². The van der Waals surface area contributed by atoms with Crippen LogP contribution in [0.2, 0.25) is 5.02 Å². The molecule has 1 amide bonds. The van der Waals surface area contributed by atoms with E-state index in [-0.39, 0.29) is 23.5 Å². The van der Waals surface area contributed by atoms with E-state index in [1.165, 1.54) is 30.5 Å². The van der Waals surface area contributed by atoms with Gasteiger partial charge in [0.25, 0.3) is 11.9 Å². The predicted octanol–water partition coefficient (Wildman–Crippen LogP) is 4.28. The highest BCUT2D eigenvalue weighted by atomic mass is 35.5. The van der Waals surface area contributed by atoms with Gasteiger partial charge in [-0.3, -0.25) is 4.79 Å². The van der Waals surface area contributed by atoms with Gasteiger partial charge in [0, 0.05) is 11.9 Å². The molecule has 2 atom stereocenters. The van der Waals surface area contributed by atoms with Crippen molar-refractivity contribution in [2.24, 2.45) is 16.6 Å². The highest BCUT2D eigenvalue weighted by Crippen LogP contribution is 2.28. The van der Waals surface area contributed by atoms with Crippen LogP contribution >= 0.6 is 11.6 Å². The van der Waals surface area contributed by atoms with Crippen LogP contribution in [0.5, 0.6) is 0 Å². The highest BCUT2D eigenvalue weighted by molar-refractivity contribution is 6.30. The summed E-state index contributed by atoms with van der Waals surface area (Å²) in [6.07, 6.45) is 4.43. The number of pyridine rings is 1. The zero-order valence-corrected chi connectivity index (χ0v) is 15.5. The number of benzene rings is 1. The molecule has 27 heavy (non-hydrogen) atoms. The first kappa shape index (κ1) is 19.1. The number of nitrogens with one attached hydrogen (secondary N) is 1. The minimum atomic E-state index is -0.566. The molecule has 0 spiro atoms. The van der Waals surface area contributed by atoms with E-state index in [2.05, 4.69) is 22.2 Å². The smallest absolute Gasteiger partial charge is 0.287 e.